The summed E-state index contributed by atoms with van der Waals surface area (Å²) in [6.07, 6.45) is 0. The van der Waals surface area contributed by atoms with E-state index in [0.29, 0.717) is 28.5 Å². The predicted octanol–water partition coefficient (Wildman–Crippen LogP) is 6.92. The number of halogens is 1. The Morgan fingerprint density at radius 1 is 1.03 bits per heavy atom. The number of ether oxygens (including phenoxy) is 1. The second kappa shape index (κ2) is 11.8. The van der Waals surface area contributed by atoms with E-state index in [4.69, 9.17) is 4.74 Å². The fourth-order valence-electron chi connectivity index (χ4n) is 4.23. The second-order valence-corrected chi connectivity index (χ2v) is 9.91. The van der Waals surface area contributed by atoms with Gasteiger partial charge in [-0.1, -0.05) is 76.6 Å². The lowest BCUT2D eigenvalue weighted by molar-refractivity contribution is -0.113. The number of nitrogens with one attached hydrogen (secondary N) is 1. The van der Waals surface area contributed by atoms with Crippen molar-refractivity contribution in [2.45, 2.75) is 18.6 Å². The molecule has 1 aliphatic rings. The van der Waals surface area contributed by atoms with Gasteiger partial charge in [0.2, 0.25) is 0 Å². The highest BCUT2D eigenvalue weighted by atomic mass is 79.9. The molecule has 1 unspecified atom stereocenters. The van der Waals surface area contributed by atoms with Gasteiger partial charge in [-0.2, -0.15) is 10.5 Å². The van der Waals surface area contributed by atoms with Crippen molar-refractivity contribution in [3.63, 3.8) is 0 Å². The van der Waals surface area contributed by atoms with Crippen molar-refractivity contribution in [2.75, 3.05) is 12.4 Å². The topological polar surface area (TPSA) is 89.2 Å². The van der Waals surface area contributed by atoms with Crippen molar-refractivity contribution in [3.8, 4) is 17.9 Å². The average molecular weight is 572 g/mol. The van der Waals surface area contributed by atoms with Crippen LogP contribution in [0.2, 0.25) is 0 Å². The maximum absolute atomic E-state index is 13.9. The van der Waals surface area contributed by atoms with Crippen LogP contribution in [0.4, 0.5) is 5.69 Å². The molecule has 0 radical (unpaired) electrons. The van der Waals surface area contributed by atoms with E-state index in [1.165, 1.54) is 19.1 Å². The van der Waals surface area contributed by atoms with Gasteiger partial charge in [0.25, 0.3) is 5.91 Å². The van der Waals surface area contributed by atoms with Crippen molar-refractivity contribution in [1.29, 1.82) is 10.5 Å². The van der Waals surface area contributed by atoms with Gasteiger partial charge < -0.3 is 10.1 Å². The first-order chi connectivity index (χ1) is 18.0. The number of para-hydroxylation sites is 2. The van der Waals surface area contributed by atoms with Crippen LogP contribution in [0.1, 0.15) is 24.0 Å². The number of nitrogens with zero attached hydrogens (tertiary/aromatic N) is 3. The number of rotatable bonds is 7. The number of amides is 1. The number of nitriles is 2. The highest BCUT2D eigenvalue weighted by molar-refractivity contribution is 9.10. The standard InChI is InChI=1S/C29H23BrN4O2S/c1-19-27(29(35)33-24-14-8-9-15-26(24)36-2)28(21-12-6-7-13-23(21)30)22(16-31)25(17-32)34(19)37-18-20-10-4-3-5-11-20/h3-15,28H,18H2,1-2H3,(H,33,35). The number of allylic oxidation sites excluding steroid dienone is 3. The van der Waals surface area contributed by atoms with E-state index in [2.05, 4.69) is 33.4 Å². The van der Waals surface area contributed by atoms with Crippen LogP contribution in [-0.4, -0.2) is 17.3 Å². The fraction of sp³-hybridized carbons (Fsp3) is 0.138. The second-order valence-electron chi connectivity index (χ2n) is 8.15. The lowest BCUT2D eigenvalue weighted by atomic mass is 9.80. The van der Waals surface area contributed by atoms with E-state index in [-0.39, 0.29) is 17.2 Å². The Balaban J connectivity index is 1.85. The van der Waals surface area contributed by atoms with E-state index in [1.54, 1.807) is 16.4 Å². The van der Waals surface area contributed by atoms with Gasteiger partial charge in [-0.25, -0.2) is 0 Å². The minimum atomic E-state index is -0.737. The van der Waals surface area contributed by atoms with Gasteiger partial charge in [0.15, 0.2) is 0 Å². The van der Waals surface area contributed by atoms with Crippen molar-refractivity contribution in [3.05, 3.63) is 117 Å². The van der Waals surface area contributed by atoms with Crippen molar-refractivity contribution >= 4 is 39.5 Å². The van der Waals surface area contributed by atoms with Crippen LogP contribution in [0, 0.1) is 22.7 Å². The first kappa shape index (κ1) is 26.1. The Bertz CT molecular complexity index is 1470. The maximum Gasteiger partial charge on any atom is 0.254 e. The maximum atomic E-state index is 13.9. The summed E-state index contributed by atoms with van der Waals surface area (Å²) in [4.78, 5) is 13.9. The van der Waals surface area contributed by atoms with Gasteiger partial charge in [0.05, 0.1) is 35.9 Å². The van der Waals surface area contributed by atoms with Crippen LogP contribution >= 0.6 is 27.9 Å². The lowest BCUT2D eigenvalue weighted by Gasteiger charge is -2.35. The molecule has 0 saturated heterocycles. The molecule has 0 spiro atoms. The van der Waals surface area contributed by atoms with Crippen molar-refractivity contribution in [2.24, 2.45) is 0 Å². The lowest BCUT2D eigenvalue weighted by Crippen LogP contribution is -2.31. The minimum Gasteiger partial charge on any atom is -0.495 e. The molecule has 0 bridgehead atoms. The number of anilines is 1. The number of hydrogen-bond acceptors (Lipinski definition) is 6. The molecule has 3 aromatic carbocycles. The molecule has 8 heteroatoms. The fourth-order valence-corrected chi connectivity index (χ4v) is 5.77. The van der Waals surface area contributed by atoms with E-state index < -0.39 is 5.92 Å². The third-order valence-electron chi connectivity index (χ3n) is 5.98. The van der Waals surface area contributed by atoms with Crippen LogP contribution in [0.3, 0.4) is 0 Å². The summed E-state index contributed by atoms with van der Waals surface area (Å²) in [6.45, 7) is 1.81. The Labute approximate surface area is 229 Å². The first-order valence-electron chi connectivity index (χ1n) is 11.4. The summed E-state index contributed by atoms with van der Waals surface area (Å²) in [5.74, 6) is -0.0360. The molecular formula is C29H23BrN4O2S. The Hall–Kier alpha value is -3.98. The molecule has 3 aromatic rings. The van der Waals surface area contributed by atoms with Crippen molar-refractivity contribution < 1.29 is 9.53 Å². The highest BCUT2D eigenvalue weighted by Crippen LogP contribution is 2.46. The van der Waals surface area contributed by atoms with Crippen LogP contribution in [0.25, 0.3) is 0 Å². The summed E-state index contributed by atoms with van der Waals surface area (Å²) in [7, 11) is 1.54. The zero-order valence-electron chi connectivity index (χ0n) is 20.2. The molecule has 6 nitrogen and oxygen atoms in total. The summed E-state index contributed by atoms with van der Waals surface area (Å²) >= 11 is 4.96. The van der Waals surface area contributed by atoms with Gasteiger partial charge >= 0.3 is 0 Å². The highest BCUT2D eigenvalue weighted by Gasteiger charge is 2.39. The van der Waals surface area contributed by atoms with Crippen LogP contribution in [-0.2, 0) is 10.5 Å². The molecule has 1 N–H and O–H groups in total. The number of carbonyl (C=O) groups excluding carboxylic acids is 1. The van der Waals surface area contributed by atoms with Gasteiger partial charge in [-0.3, -0.25) is 9.10 Å². The number of benzene rings is 3. The number of hydrogen-bond donors (Lipinski definition) is 1. The normalized spacial score (nSPS) is 15.2. The quantitative estimate of drug-likeness (QED) is 0.310. The number of carbonyl (C=O) groups is 1. The Kier molecular flexibility index (Phi) is 8.35. The molecule has 1 atom stereocenters. The molecule has 1 aliphatic heterocycles. The molecular weight excluding hydrogens is 548 g/mol. The van der Waals surface area contributed by atoms with E-state index in [0.717, 1.165) is 15.6 Å². The summed E-state index contributed by atoms with van der Waals surface area (Å²) in [5, 5.41) is 23.4. The molecule has 0 aliphatic carbocycles. The van der Waals surface area contributed by atoms with Gasteiger partial charge in [-0.15, -0.1) is 0 Å². The summed E-state index contributed by atoms with van der Waals surface area (Å²) in [6, 6.07) is 28.9. The molecule has 0 saturated carbocycles. The summed E-state index contributed by atoms with van der Waals surface area (Å²) < 4.78 is 7.86. The monoisotopic (exact) mass is 570 g/mol. The Morgan fingerprint density at radius 3 is 2.38 bits per heavy atom. The van der Waals surface area contributed by atoms with E-state index >= 15 is 0 Å². The molecule has 1 amide bonds. The predicted molar refractivity (Wildman–Crippen MR) is 149 cm³/mol. The van der Waals surface area contributed by atoms with E-state index in [9.17, 15) is 15.3 Å². The molecule has 1 heterocycles. The van der Waals surface area contributed by atoms with Crippen LogP contribution in [0.15, 0.2) is 106 Å². The zero-order valence-corrected chi connectivity index (χ0v) is 22.6. The SMILES string of the molecule is COc1ccccc1NC(=O)C1=C(C)N(SCc2ccccc2)C(C#N)=C(C#N)C1c1ccccc1Br. The molecule has 0 fully saturated rings. The minimum absolute atomic E-state index is 0.214. The van der Waals surface area contributed by atoms with E-state index in [1.807, 2.05) is 73.7 Å². The van der Waals surface area contributed by atoms with Gasteiger partial charge in [0, 0.05) is 15.9 Å². The molecule has 4 rings (SSSR count). The zero-order chi connectivity index (χ0) is 26.4. The largest absolute Gasteiger partial charge is 0.495 e. The van der Waals surface area contributed by atoms with Crippen molar-refractivity contribution in [1.82, 2.24) is 4.31 Å². The smallest absolute Gasteiger partial charge is 0.254 e. The van der Waals surface area contributed by atoms with Gasteiger partial charge in [0.1, 0.15) is 17.5 Å². The summed E-state index contributed by atoms with van der Waals surface area (Å²) in [5.41, 5.74) is 3.70. The number of methoxy groups -OCH3 is 1. The van der Waals surface area contributed by atoms with Gasteiger partial charge in [-0.05, 0) is 48.2 Å². The first-order valence-corrected chi connectivity index (χ1v) is 13.1. The molecule has 184 valence electrons. The average Bonchev–Trinajstić information content (AvgIpc) is 2.92. The molecule has 0 aromatic heterocycles. The van der Waals surface area contributed by atoms with Crippen LogP contribution in [0.5, 0.6) is 5.75 Å². The van der Waals surface area contributed by atoms with Crippen LogP contribution < -0.4 is 10.1 Å². The molecule has 37 heavy (non-hydrogen) atoms. The third kappa shape index (κ3) is 5.41. The Morgan fingerprint density at radius 2 is 1.70 bits per heavy atom. The third-order valence-corrected chi connectivity index (χ3v) is 7.87.